The summed E-state index contributed by atoms with van der Waals surface area (Å²) < 4.78 is 5.89. The van der Waals surface area contributed by atoms with Crippen molar-refractivity contribution < 1.29 is 14.6 Å². The Balaban J connectivity index is 1.79. The molecule has 1 aliphatic rings. The number of aromatic hydroxyl groups is 1. The Labute approximate surface area is 146 Å². The van der Waals surface area contributed by atoms with E-state index in [1.807, 2.05) is 18.2 Å². The third-order valence-electron chi connectivity index (χ3n) is 4.17. The van der Waals surface area contributed by atoms with Crippen LogP contribution in [0.15, 0.2) is 42.5 Å². The number of rotatable bonds is 4. The standard InChI is InChI=1S/C19H20ClNO3/c20-16-11-13(19(23)21-14-7-3-1-4-8-14)12-17(18(16)22)24-15-9-5-2-6-10-15/h1,3-4,7-8,11-12,15,22H,2,5-6,9-10H2,(H,21,23). The van der Waals surface area contributed by atoms with Gasteiger partial charge in [0.1, 0.15) is 0 Å². The maximum atomic E-state index is 12.4. The number of phenolic OH excluding ortho intramolecular Hbond substituents is 1. The molecule has 0 atom stereocenters. The fraction of sp³-hybridized carbons (Fsp3) is 0.316. The predicted octanol–water partition coefficient (Wildman–Crippen LogP) is 5.01. The van der Waals surface area contributed by atoms with Crippen molar-refractivity contribution >= 4 is 23.2 Å². The van der Waals surface area contributed by atoms with Crippen LogP contribution in [0.4, 0.5) is 5.69 Å². The van der Waals surface area contributed by atoms with Crippen LogP contribution < -0.4 is 10.1 Å². The van der Waals surface area contributed by atoms with Crippen LogP contribution in [0.25, 0.3) is 0 Å². The van der Waals surface area contributed by atoms with Crippen LogP contribution >= 0.6 is 11.6 Å². The fourth-order valence-corrected chi connectivity index (χ4v) is 3.09. The van der Waals surface area contributed by atoms with E-state index in [0.717, 1.165) is 25.7 Å². The van der Waals surface area contributed by atoms with Gasteiger partial charge < -0.3 is 15.2 Å². The second kappa shape index (κ2) is 7.58. The fourth-order valence-electron chi connectivity index (χ4n) is 2.88. The van der Waals surface area contributed by atoms with Gasteiger partial charge in [0.15, 0.2) is 11.5 Å². The minimum atomic E-state index is -0.295. The molecule has 1 fully saturated rings. The van der Waals surface area contributed by atoms with Crippen molar-refractivity contribution in [2.24, 2.45) is 0 Å². The number of phenols is 1. The molecule has 2 aromatic carbocycles. The Kier molecular flexibility index (Phi) is 5.26. The van der Waals surface area contributed by atoms with Crippen molar-refractivity contribution in [2.45, 2.75) is 38.2 Å². The van der Waals surface area contributed by atoms with Gasteiger partial charge in [0.2, 0.25) is 0 Å². The first-order valence-corrected chi connectivity index (χ1v) is 8.57. The van der Waals surface area contributed by atoms with Gasteiger partial charge in [-0.05, 0) is 49.9 Å². The first-order valence-electron chi connectivity index (χ1n) is 8.19. The molecule has 2 N–H and O–H groups in total. The first-order chi connectivity index (χ1) is 11.6. The summed E-state index contributed by atoms with van der Waals surface area (Å²) in [4.78, 5) is 12.4. The third-order valence-corrected chi connectivity index (χ3v) is 4.46. The molecule has 0 heterocycles. The molecule has 24 heavy (non-hydrogen) atoms. The number of anilines is 1. The molecular weight excluding hydrogens is 326 g/mol. The van der Waals surface area contributed by atoms with Crippen molar-refractivity contribution in [3.63, 3.8) is 0 Å². The summed E-state index contributed by atoms with van der Waals surface area (Å²) in [6.45, 7) is 0. The zero-order valence-corrected chi connectivity index (χ0v) is 14.1. The minimum absolute atomic E-state index is 0.0631. The van der Waals surface area contributed by atoms with E-state index in [-0.39, 0.29) is 28.5 Å². The highest BCUT2D eigenvalue weighted by Gasteiger charge is 2.20. The van der Waals surface area contributed by atoms with E-state index in [2.05, 4.69) is 5.32 Å². The highest BCUT2D eigenvalue weighted by atomic mass is 35.5. The van der Waals surface area contributed by atoms with Gasteiger partial charge in [-0.15, -0.1) is 0 Å². The van der Waals surface area contributed by atoms with E-state index >= 15 is 0 Å². The Morgan fingerprint density at radius 1 is 1.12 bits per heavy atom. The van der Waals surface area contributed by atoms with Gasteiger partial charge in [0.05, 0.1) is 11.1 Å². The van der Waals surface area contributed by atoms with Crippen molar-refractivity contribution in [3.05, 3.63) is 53.1 Å². The molecule has 2 aromatic rings. The predicted molar refractivity (Wildman–Crippen MR) is 95.0 cm³/mol. The maximum Gasteiger partial charge on any atom is 0.255 e. The number of hydrogen-bond donors (Lipinski definition) is 2. The van der Waals surface area contributed by atoms with Gasteiger partial charge in [0.25, 0.3) is 5.91 Å². The Morgan fingerprint density at radius 3 is 2.54 bits per heavy atom. The van der Waals surface area contributed by atoms with Gasteiger partial charge in [-0.1, -0.05) is 36.2 Å². The highest BCUT2D eigenvalue weighted by Crippen LogP contribution is 2.37. The number of para-hydroxylation sites is 1. The average Bonchev–Trinajstić information content (AvgIpc) is 2.60. The van der Waals surface area contributed by atoms with Gasteiger partial charge in [0, 0.05) is 11.3 Å². The van der Waals surface area contributed by atoms with E-state index in [1.165, 1.54) is 12.5 Å². The van der Waals surface area contributed by atoms with Crippen LogP contribution in [-0.4, -0.2) is 17.1 Å². The smallest absolute Gasteiger partial charge is 0.255 e. The van der Waals surface area contributed by atoms with Gasteiger partial charge in [-0.2, -0.15) is 0 Å². The van der Waals surface area contributed by atoms with Crippen LogP contribution in [0.5, 0.6) is 11.5 Å². The number of hydrogen-bond acceptors (Lipinski definition) is 3. The van der Waals surface area contributed by atoms with Crippen molar-refractivity contribution in [3.8, 4) is 11.5 Å². The lowest BCUT2D eigenvalue weighted by Gasteiger charge is -2.23. The zero-order chi connectivity index (χ0) is 16.9. The molecule has 0 radical (unpaired) electrons. The van der Waals surface area contributed by atoms with Crippen molar-refractivity contribution in [2.75, 3.05) is 5.32 Å². The molecular formula is C19H20ClNO3. The van der Waals surface area contributed by atoms with E-state index in [9.17, 15) is 9.90 Å². The highest BCUT2D eigenvalue weighted by molar-refractivity contribution is 6.32. The van der Waals surface area contributed by atoms with Gasteiger partial charge in [-0.25, -0.2) is 0 Å². The summed E-state index contributed by atoms with van der Waals surface area (Å²) in [5, 5.41) is 13.0. The maximum absolute atomic E-state index is 12.4. The SMILES string of the molecule is O=C(Nc1ccccc1)c1cc(Cl)c(O)c(OC2CCCCC2)c1. The molecule has 3 rings (SSSR count). The number of carbonyl (C=O) groups excluding carboxylic acids is 1. The molecule has 1 amide bonds. The van der Waals surface area contributed by atoms with E-state index < -0.39 is 0 Å². The van der Waals surface area contributed by atoms with Gasteiger partial charge >= 0.3 is 0 Å². The first kappa shape index (κ1) is 16.7. The van der Waals surface area contributed by atoms with E-state index in [0.29, 0.717) is 11.3 Å². The Hall–Kier alpha value is -2.20. The van der Waals surface area contributed by atoms with Crippen LogP contribution in [0.2, 0.25) is 5.02 Å². The number of nitrogens with one attached hydrogen (secondary N) is 1. The Morgan fingerprint density at radius 2 is 1.83 bits per heavy atom. The normalized spacial score (nSPS) is 15.0. The average molecular weight is 346 g/mol. The molecule has 0 unspecified atom stereocenters. The van der Waals surface area contributed by atoms with E-state index in [4.69, 9.17) is 16.3 Å². The molecule has 0 spiro atoms. The van der Waals surface area contributed by atoms with Crippen molar-refractivity contribution in [1.29, 1.82) is 0 Å². The number of carbonyl (C=O) groups is 1. The molecule has 0 bridgehead atoms. The molecule has 1 aliphatic carbocycles. The van der Waals surface area contributed by atoms with Crippen LogP contribution in [0, 0.1) is 0 Å². The number of amides is 1. The lowest BCUT2D eigenvalue weighted by Crippen LogP contribution is -2.20. The summed E-state index contributed by atoms with van der Waals surface area (Å²) in [6.07, 6.45) is 5.43. The number of ether oxygens (including phenoxy) is 1. The van der Waals surface area contributed by atoms with Gasteiger partial charge in [-0.3, -0.25) is 4.79 Å². The second-order valence-corrected chi connectivity index (χ2v) is 6.41. The Bertz CT molecular complexity index is 712. The van der Waals surface area contributed by atoms with Crippen LogP contribution in [0.1, 0.15) is 42.5 Å². The van der Waals surface area contributed by atoms with Crippen molar-refractivity contribution in [1.82, 2.24) is 0 Å². The summed E-state index contributed by atoms with van der Waals surface area (Å²) >= 11 is 6.07. The molecule has 0 saturated heterocycles. The minimum Gasteiger partial charge on any atom is -0.503 e. The lowest BCUT2D eigenvalue weighted by atomic mass is 9.98. The van der Waals surface area contributed by atoms with E-state index in [1.54, 1.807) is 18.2 Å². The number of halogens is 1. The third kappa shape index (κ3) is 4.01. The molecule has 5 heteroatoms. The molecule has 0 aliphatic heterocycles. The summed E-state index contributed by atoms with van der Waals surface area (Å²) in [7, 11) is 0. The summed E-state index contributed by atoms with van der Waals surface area (Å²) in [5.41, 5.74) is 1.05. The molecule has 126 valence electrons. The summed E-state index contributed by atoms with van der Waals surface area (Å²) in [6, 6.07) is 12.2. The monoisotopic (exact) mass is 345 g/mol. The zero-order valence-electron chi connectivity index (χ0n) is 13.3. The van der Waals surface area contributed by atoms with Crippen LogP contribution in [0.3, 0.4) is 0 Å². The lowest BCUT2D eigenvalue weighted by molar-refractivity contribution is 0.102. The largest absolute Gasteiger partial charge is 0.503 e. The summed E-state index contributed by atoms with van der Waals surface area (Å²) in [5.74, 6) is -0.136. The second-order valence-electron chi connectivity index (χ2n) is 6.00. The quantitative estimate of drug-likeness (QED) is 0.818. The molecule has 1 saturated carbocycles. The number of benzene rings is 2. The van der Waals surface area contributed by atoms with Crippen LogP contribution in [-0.2, 0) is 0 Å². The molecule has 4 nitrogen and oxygen atoms in total. The molecule has 0 aromatic heterocycles. The topological polar surface area (TPSA) is 58.6 Å².